The van der Waals surface area contributed by atoms with Gasteiger partial charge in [0.2, 0.25) is 10.0 Å². The maximum absolute atomic E-state index is 11.7. The highest BCUT2D eigenvalue weighted by atomic mass is 35.5. The third-order valence-corrected chi connectivity index (χ3v) is 4.06. The number of halogens is 1. The lowest BCUT2D eigenvalue weighted by Crippen LogP contribution is -2.16. The van der Waals surface area contributed by atoms with Gasteiger partial charge in [0.15, 0.2) is 12.2 Å². The Morgan fingerprint density at radius 3 is 2.58 bits per heavy atom. The van der Waals surface area contributed by atoms with Crippen LogP contribution in [0.4, 0.5) is 5.69 Å². The number of sulfonamides is 1. The van der Waals surface area contributed by atoms with Crippen LogP contribution < -0.4 is 4.72 Å². The maximum atomic E-state index is 11.7. The fraction of sp³-hybridized carbons (Fsp3) is 0.250. The second kappa shape index (κ2) is 6.08. The first kappa shape index (κ1) is 13.9. The topological polar surface area (TPSA) is 72.2 Å². The minimum Gasteiger partial charge on any atom is -0.444 e. The van der Waals surface area contributed by atoms with Crippen molar-refractivity contribution in [2.75, 3.05) is 16.4 Å². The molecule has 2 rings (SSSR count). The summed E-state index contributed by atoms with van der Waals surface area (Å²) < 4.78 is 31.0. The van der Waals surface area contributed by atoms with E-state index < -0.39 is 10.0 Å². The molecule has 2 aromatic rings. The normalized spacial score (nSPS) is 11.4. The van der Waals surface area contributed by atoms with Gasteiger partial charge in [0.1, 0.15) is 0 Å². The lowest BCUT2D eigenvalue weighted by Gasteiger charge is -2.07. The Morgan fingerprint density at radius 1 is 1.26 bits per heavy atom. The molecule has 1 aromatic heterocycles. The van der Waals surface area contributed by atoms with Crippen molar-refractivity contribution in [3.8, 4) is 11.3 Å². The van der Waals surface area contributed by atoms with Gasteiger partial charge in [-0.3, -0.25) is 4.72 Å². The highest BCUT2D eigenvalue weighted by Gasteiger charge is 2.10. The zero-order valence-corrected chi connectivity index (χ0v) is 11.6. The van der Waals surface area contributed by atoms with Crippen molar-refractivity contribution < 1.29 is 12.8 Å². The molecule has 1 aromatic carbocycles. The molecule has 0 saturated carbocycles. The zero-order valence-electron chi connectivity index (χ0n) is 10.0. The molecule has 0 fully saturated rings. The first-order chi connectivity index (χ1) is 9.11. The largest absolute Gasteiger partial charge is 0.444 e. The van der Waals surface area contributed by atoms with Gasteiger partial charge in [-0.05, 0) is 30.7 Å². The summed E-state index contributed by atoms with van der Waals surface area (Å²) in [6.45, 7) is 0. The van der Waals surface area contributed by atoms with Crippen molar-refractivity contribution >= 4 is 27.3 Å². The highest BCUT2D eigenvalue weighted by Crippen LogP contribution is 2.21. The second-order valence-corrected chi connectivity index (χ2v) is 6.13. The number of alkyl halides is 1. The van der Waals surface area contributed by atoms with Crippen LogP contribution in [0.25, 0.3) is 11.3 Å². The van der Waals surface area contributed by atoms with Gasteiger partial charge >= 0.3 is 0 Å². The number of rotatable bonds is 6. The average Bonchev–Trinajstić information content (AvgIpc) is 2.91. The first-order valence-electron chi connectivity index (χ1n) is 5.66. The average molecular weight is 301 g/mol. The van der Waals surface area contributed by atoms with E-state index in [1.54, 1.807) is 30.5 Å². The smallest absolute Gasteiger partial charge is 0.232 e. The fourth-order valence-electron chi connectivity index (χ4n) is 1.54. The van der Waals surface area contributed by atoms with E-state index in [2.05, 4.69) is 9.71 Å². The van der Waals surface area contributed by atoms with Crippen LogP contribution in [-0.2, 0) is 10.0 Å². The molecule has 0 bridgehead atoms. The third-order valence-electron chi connectivity index (χ3n) is 2.42. The number of aromatic nitrogens is 1. The van der Waals surface area contributed by atoms with Crippen LogP contribution in [0.2, 0.25) is 0 Å². The summed E-state index contributed by atoms with van der Waals surface area (Å²) in [5.74, 6) is 0.975. The number of anilines is 1. The summed E-state index contributed by atoms with van der Waals surface area (Å²) in [6.07, 6.45) is 3.37. The van der Waals surface area contributed by atoms with Crippen molar-refractivity contribution in [2.24, 2.45) is 0 Å². The monoisotopic (exact) mass is 300 g/mol. The molecule has 0 aliphatic heterocycles. The molecular formula is C12H13ClN2O3S. The van der Waals surface area contributed by atoms with Crippen molar-refractivity contribution in [3.05, 3.63) is 36.9 Å². The molecule has 0 amide bonds. The second-order valence-electron chi connectivity index (χ2n) is 3.91. The number of oxazole rings is 1. The summed E-state index contributed by atoms with van der Waals surface area (Å²) in [5.41, 5.74) is 1.35. The molecule has 0 atom stereocenters. The summed E-state index contributed by atoms with van der Waals surface area (Å²) in [7, 11) is -3.33. The molecule has 0 spiro atoms. The molecule has 0 unspecified atom stereocenters. The van der Waals surface area contributed by atoms with Crippen LogP contribution in [0.3, 0.4) is 0 Å². The lowest BCUT2D eigenvalue weighted by atomic mass is 10.2. The van der Waals surface area contributed by atoms with Crippen LogP contribution in [0.1, 0.15) is 6.42 Å². The Balaban J connectivity index is 2.07. The highest BCUT2D eigenvalue weighted by molar-refractivity contribution is 7.92. The van der Waals surface area contributed by atoms with Gasteiger partial charge in [-0.1, -0.05) is 0 Å². The molecule has 0 aliphatic rings. The van der Waals surface area contributed by atoms with Crippen molar-refractivity contribution in [1.29, 1.82) is 0 Å². The number of nitrogens with zero attached hydrogens (tertiary/aromatic N) is 1. The predicted molar refractivity (Wildman–Crippen MR) is 74.7 cm³/mol. The molecule has 0 saturated heterocycles. The molecule has 1 N–H and O–H groups in total. The number of benzene rings is 1. The molecule has 5 nitrogen and oxygen atoms in total. The van der Waals surface area contributed by atoms with Gasteiger partial charge < -0.3 is 4.42 Å². The van der Waals surface area contributed by atoms with Gasteiger partial charge in [0.05, 0.1) is 11.9 Å². The third kappa shape index (κ3) is 3.97. The van der Waals surface area contributed by atoms with Crippen molar-refractivity contribution in [2.45, 2.75) is 6.42 Å². The Kier molecular flexibility index (Phi) is 4.44. The van der Waals surface area contributed by atoms with Crippen molar-refractivity contribution in [3.63, 3.8) is 0 Å². The van der Waals surface area contributed by atoms with Crippen LogP contribution >= 0.6 is 11.6 Å². The Labute approximate surface area is 116 Å². The van der Waals surface area contributed by atoms with E-state index in [4.69, 9.17) is 16.0 Å². The summed E-state index contributed by atoms with van der Waals surface area (Å²) in [5, 5.41) is 0. The van der Waals surface area contributed by atoms with Crippen LogP contribution in [0.5, 0.6) is 0 Å². The Hall–Kier alpha value is -1.53. The quantitative estimate of drug-likeness (QED) is 0.833. The minimum atomic E-state index is -3.33. The summed E-state index contributed by atoms with van der Waals surface area (Å²) >= 11 is 5.48. The van der Waals surface area contributed by atoms with Crippen LogP contribution in [0.15, 0.2) is 41.3 Å². The van der Waals surface area contributed by atoms with E-state index in [1.165, 1.54) is 6.39 Å². The predicted octanol–water partition coefficient (Wildman–Crippen LogP) is 2.71. The van der Waals surface area contributed by atoms with E-state index in [0.29, 0.717) is 23.7 Å². The fourth-order valence-corrected chi connectivity index (χ4v) is 2.95. The van der Waals surface area contributed by atoms with Gasteiger partial charge in [-0.15, -0.1) is 11.6 Å². The molecule has 0 aliphatic carbocycles. The Morgan fingerprint density at radius 2 is 2.00 bits per heavy atom. The lowest BCUT2D eigenvalue weighted by molar-refractivity contribution is 0.572. The molecule has 0 radical (unpaired) electrons. The number of hydrogen-bond donors (Lipinski definition) is 1. The molecule has 19 heavy (non-hydrogen) atoms. The number of hydrogen-bond acceptors (Lipinski definition) is 4. The van der Waals surface area contributed by atoms with E-state index in [9.17, 15) is 8.42 Å². The zero-order chi connectivity index (χ0) is 13.7. The van der Waals surface area contributed by atoms with Gasteiger partial charge in [-0.2, -0.15) is 0 Å². The standard InChI is InChI=1S/C12H13ClN2O3S/c13-6-1-7-19(16,17)15-11-4-2-10(3-5-11)12-8-14-9-18-12/h2-5,8-9,15H,1,6-7H2. The van der Waals surface area contributed by atoms with Gasteiger partial charge in [0.25, 0.3) is 0 Å². The van der Waals surface area contributed by atoms with E-state index in [0.717, 1.165) is 5.56 Å². The molecular weight excluding hydrogens is 288 g/mol. The van der Waals surface area contributed by atoms with E-state index in [-0.39, 0.29) is 5.75 Å². The number of nitrogens with one attached hydrogen (secondary N) is 1. The Bertz CT molecular complexity index is 609. The van der Waals surface area contributed by atoms with E-state index in [1.807, 2.05) is 0 Å². The van der Waals surface area contributed by atoms with Crippen molar-refractivity contribution in [1.82, 2.24) is 4.98 Å². The molecule has 1 heterocycles. The molecule has 7 heteroatoms. The first-order valence-corrected chi connectivity index (χ1v) is 7.85. The van der Waals surface area contributed by atoms with Gasteiger partial charge in [-0.25, -0.2) is 13.4 Å². The van der Waals surface area contributed by atoms with E-state index >= 15 is 0 Å². The van der Waals surface area contributed by atoms with Gasteiger partial charge in [0, 0.05) is 17.1 Å². The minimum absolute atomic E-state index is 0.0142. The van der Waals surface area contributed by atoms with Crippen LogP contribution in [0, 0.1) is 0 Å². The van der Waals surface area contributed by atoms with Crippen LogP contribution in [-0.4, -0.2) is 25.0 Å². The molecule has 102 valence electrons. The SMILES string of the molecule is O=S(=O)(CCCCl)Nc1ccc(-c2cnco2)cc1. The summed E-state index contributed by atoms with van der Waals surface area (Å²) in [4.78, 5) is 3.82. The summed E-state index contributed by atoms with van der Waals surface area (Å²) in [6, 6.07) is 6.88. The maximum Gasteiger partial charge on any atom is 0.232 e.